The summed E-state index contributed by atoms with van der Waals surface area (Å²) >= 11 is 1.48. The number of esters is 1. The van der Waals surface area contributed by atoms with Crippen molar-refractivity contribution >= 4 is 33.4 Å². The molecule has 0 aliphatic heterocycles. The lowest BCUT2D eigenvalue weighted by Crippen LogP contribution is -2.31. The van der Waals surface area contributed by atoms with Crippen molar-refractivity contribution in [2.24, 2.45) is 5.92 Å². The lowest BCUT2D eigenvalue weighted by Gasteiger charge is -2.22. The molecule has 158 valence electrons. The summed E-state index contributed by atoms with van der Waals surface area (Å²) in [7, 11) is 0.0805. The van der Waals surface area contributed by atoms with Crippen LogP contribution in [-0.2, 0) is 19.6 Å². The van der Waals surface area contributed by atoms with E-state index in [4.69, 9.17) is 9.47 Å². The molecular formula is C20H25NO6S2. The number of carbonyl (C=O) groups is 1. The Morgan fingerprint density at radius 2 is 1.90 bits per heavy atom. The van der Waals surface area contributed by atoms with Gasteiger partial charge in [-0.15, -0.1) is 11.3 Å². The molecule has 0 bridgehead atoms. The molecule has 7 nitrogen and oxygen atoms in total. The first kappa shape index (κ1) is 22.9. The number of ether oxygens (including phenoxy) is 3. The number of thiophene rings is 1. The summed E-state index contributed by atoms with van der Waals surface area (Å²) in [6.07, 6.45) is 2.65. The Balaban J connectivity index is 2.54. The first-order chi connectivity index (χ1) is 13.7. The predicted octanol–water partition coefficient (Wildman–Crippen LogP) is 3.63. The van der Waals surface area contributed by atoms with Gasteiger partial charge in [0.2, 0.25) is 10.0 Å². The number of hydrogen-bond acceptors (Lipinski definition) is 7. The van der Waals surface area contributed by atoms with E-state index in [1.165, 1.54) is 50.9 Å². The summed E-state index contributed by atoms with van der Waals surface area (Å²) in [5.74, 6) is -0.209. The zero-order valence-electron chi connectivity index (χ0n) is 17.0. The smallest absolute Gasteiger partial charge is 0.330 e. The van der Waals surface area contributed by atoms with Crippen molar-refractivity contribution in [1.82, 2.24) is 4.72 Å². The molecule has 29 heavy (non-hydrogen) atoms. The second kappa shape index (κ2) is 9.91. The maximum absolute atomic E-state index is 13.3. The Morgan fingerprint density at radius 1 is 1.17 bits per heavy atom. The van der Waals surface area contributed by atoms with E-state index in [1.807, 2.05) is 31.4 Å². The van der Waals surface area contributed by atoms with Crippen molar-refractivity contribution in [3.8, 4) is 11.5 Å². The van der Waals surface area contributed by atoms with Crippen molar-refractivity contribution in [2.75, 3.05) is 21.3 Å². The number of methoxy groups -OCH3 is 3. The fraction of sp³-hybridized carbons (Fsp3) is 0.350. The average Bonchev–Trinajstić information content (AvgIpc) is 3.23. The molecule has 1 aromatic heterocycles. The molecule has 0 spiro atoms. The summed E-state index contributed by atoms with van der Waals surface area (Å²) in [5, 5.41) is 1.90. The van der Waals surface area contributed by atoms with Crippen LogP contribution in [0.5, 0.6) is 11.5 Å². The van der Waals surface area contributed by atoms with Crippen LogP contribution in [0.4, 0.5) is 0 Å². The first-order valence-corrected chi connectivity index (χ1v) is 11.2. The van der Waals surface area contributed by atoms with Crippen molar-refractivity contribution in [2.45, 2.75) is 24.8 Å². The van der Waals surface area contributed by atoms with Gasteiger partial charge < -0.3 is 14.2 Å². The summed E-state index contributed by atoms with van der Waals surface area (Å²) in [5.41, 5.74) is 0.450. The van der Waals surface area contributed by atoms with Gasteiger partial charge in [0.1, 0.15) is 4.90 Å². The lowest BCUT2D eigenvalue weighted by molar-refractivity contribution is -0.134. The second-order valence-electron chi connectivity index (χ2n) is 6.47. The van der Waals surface area contributed by atoms with Gasteiger partial charge in [0.15, 0.2) is 11.5 Å². The van der Waals surface area contributed by atoms with Gasteiger partial charge in [-0.05, 0) is 41.1 Å². The van der Waals surface area contributed by atoms with E-state index in [2.05, 4.69) is 9.46 Å². The van der Waals surface area contributed by atoms with E-state index in [0.717, 1.165) is 4.88 Å². The molecule has 1 unspecified atom stereocenters. The van der Waals surface area contributed by atoms with Gasteiger partial charge in [0.05, 0.1) is 27.4 Å². The molecule has 2 rings (SSSR count). The third-order valence-electron chi connectivity index (χ3n) is 4.17. The highest BCUT2D eigenvalue weighted by atomic mass is 32.2. The summed E-state index contributed by atoms with van der Waals surface area (Å²) < 4.78 is 44.5. The Labute approximate surface area is 175 Å². The highest BCUT2D eigenvalue weighted by molar-refractivity contribution is 7.89. The molecule has 1 aromatic carbocycles. The van der Waals surface area contributed by atoms with E-state index in [-0.39, 0.29) is 22.3 Å². The maximum atomic E-state index is 13.3. The molecule has 0 amide bonds. The number of benzene rings is 1. The Hall–Kier alpha value is -2.36. The minimum absolute atomic E-state index is 0.0266. The molecule has 0 saturated carbocycles. The van der Waals surface area contributed by atoms with Crippen LogP contribution in [0.25, 0.3) is 6.08 Å². The van der Waals surface area contributed by atoms with Crippen LogP contribution in [0.15, 0.2) is 40.6 Å². The Kier molecular flexibility index (Phi) is 7.83. The highest BCUT2D eigenvalue weighted by Crippen LogP contribution is 2.37. The third-order valence-corrected chi connectivity index (χ3v) is 6.57. The predicted molar refractivity (Wildman–Crippen MR) is 113 cm³/mol. The van der Waals surface area contributed by atoms with Crippen LogP contribution < -0.4 is 14.2 Å². The first-order valence-electron chi connectivity index (χ1n) is 8.81. The fourth-order valence-electron chi connectivity index (χ4n) is 2.70. The molecule has 0 aliphatic carbocycles. The molecule has 0 radical (unpaired) electrons. The SMILES string of the molecule is COC(=O)/C=C/c1cc(OC)c(OC)c(S(=O)(=O)NC(c2cccs2)C(C)C)c1. The van der Waals surface area contributed by atoms with Crippen molar-refractivity contribution in [1.29, 1.82) is 0 Å². The molecule has 2 aromatic rings. The van der Waals surface area contributed by atoms with Crippen LogP contribution in [0.3, 0.4) is 0 Å². The van der Waals surface area contributed by atoms with Crippen LogP contribution >= 0.6 is 11.3 Å². The van der Waals surface area contributed by atoms with Gasteiger partial charge in [-0.2, -0.15) is 0 Å². The van der Waals surface area contributed by atoms with Gasteiger partial charge in [-0.1, -0.05) is 19.9 Å². The lowest BCUT2D eigenvalue weighted by atomic mass is 10.0. The highest BCUT2D eigenvalue weighted by Gasteiger charge is 2.29. The Bertz CT molecular complexity index is 965. The number of hydrogen-bond donors (Lipinski definition) is 1. The molecular weight excluding hydrogens is 414 g/mol. The summed E-state index contributed by atoms with van der Waals surface area (Å²) in [6, 6.07) is 6.38. The molecule has 9 heteroatoms. The summed E-state index contributed by atoms with van der Waals surface area (Å²) in [6.45, 7) is 3.89. The van der Waals surface area contributed by atoms with E-state index in [1.54, 1.807) is 6.07 Å². The van der Waals surface area contributed by atoms with Crippen LogP contribution in [0, 0.1) is 5.92 Å². The van der Waals surface area contributed by atoms with Gasteiger partial charge in [0, 0.05) is 11.0 Å². The normalized spacial score (nSPS) is 12.9. The molecule has 1 atom stereocenters. The number of nitrogens with one attached hydrogen (secondary N) is 1. The average molecular weight is 440 g/mol. The quantitative estimate of drug-likeness (QED) is 0.474. The second-order valence-corrected chi connectivity index (χ2v) is 9.13. The topological polar surface area (TPSA) is 90.9 Å². The molecule has 0 saturated heterocycles. The van der Waals surface area contributed by atoms with E-state index >= 15 is 0 Å². The number of carbonyl (C=O) groups excluding carboxylic acids is 1. The largest absolute Gasteiger partial charge is 0.493 e. The number of sulfonamides is 1. The third kappa shape index (κ3) is 5.59. The molecule has 1 N–H and O–H groups in total. The Morgan fingerprint density at radius 3 is 2.41 bits per heavy atom. The van der Waals surface area contributed by atoms with Gasteiger partial charge in [0.25, 0.3) is 0 Å². The standard InChI is InChI=1S/C20H25NO6S2/c1-13(2)19(16-7-6-10-28-16)21-29(23,24)17-12-14(8-9-18(22)26-4)11-15(25-3)20(17)27-5/h6-13,19,21H,1-5H3/b9-8+. The minimum atomic E-state index is -3.97. The minimum Gasteiger partial charge on any atom is -0.493 e. The van der Waals surface area contributed by atoms with Crippen molar-refractivity contribution in [3.05, 3.63) is 46.2 Å². The van der Waals surface area contributed by atoms with E-state index in [9.17, 15) is 13.2 Å². The van der Waals surface area contributed by atoms with Crippen molar-refractivity contribution < 1.29 is 27.4 Å². The zero-order chi connectivity index (χ0) is 21.6. The van der Waals surface area contributed by atoms with E-state index < -0.39 is 22.0 Å². The van der Waals surface area contributed by atoms with Crippen LogP contribution in [0.2, 0.25) is 0 Å². The van der Waals surface area contributed by atoms with Crippen LogP contribution in [-0.4, -0.2) is 35.7 Å². The zero-order valence-corrected chi connectivity index (χ0v) is 18.6. The fourth-order valence-corrected chi connectivity index (χ4v) is 5.30. The van der Waals surface area contributed by atoms with Crippen LogP contribution in [0.1, 0.15) is 30.3 Å². The molecule has 0 aliphatic rings. The number of rotatable bonds is 9. The van der Waals surface area contributed by atoms with Gasteiger partial charge in [-0.25, -0.2) is 17.9 Å². The summed E-state index contributed by atoms with van der Waals surface area (Å²) in [4.78, 5) is 12.2. The molecule has 1 heterocycles. The van der Waals surface area contributed by atoms with E-state index in [0.29, 0.717) is 5.56 Å². The van der Waals surface area contributed by atoms with Gasteiger partial charge >= 0.3 is 5.97 Å². The maximum Gasteiger partial charge on any atom is 0.330 e. The van der Waals surface area contributed by atoms with Gasteiger partial charge in [-0.3, -0.25) is 0 Å². The monoisotopic (exact) mass is 439 g/mol. The molecule has 0 fully saturated rings. The van der Waals surface area contributed by atoms with Crippen molar-refractivity contribution in [3.63, 3.8) is 0 Å².